The fourth-order valence-corrected chi connectivity index (χ4v) is 8.34. The Hall–Kier alpha value is -3.42. The average molecular weight is 1020 g/mol. The van der Waals surface area contributed by atoms with E-state index in [1.165, 1.54) is 70.6 Å². The molecule has 0 spiro atoms. The lowest BCUT2D eigenvalue weighted by atomic mass is 9.99. The van der Waals surface area contributed by atoms with Crippen LogP contribution in [0.4, 0.5) is 0 Å². The second kappa shape index (κ2) is 49.5. The van der Waals surface area contributed by atoms with Crippen LogP contribution in [0.25, 0.3) is 0 Å². The molecule has 8 unspecified atom stereocenters. The topological polar surface area (TPSA) is 175 Å². The van der Waals surface area contributed by atoms with Gasteiger partial charge in [-0.05, 0) is 96.3 Å². The summed E-state index contributed by atoms with van der Waals surface area (Å²) in [5, 5.41) is 56.7. The average Bonchev–Trinajstić information content (AvgIpc) is 3.39. The Bertz CT molecular complexity index is 1550. The molecule has 11 nitrogen and oxygen atoms in total. The Morgan fingerprint density at radius 3 is 1.53 bits per heavy atom. The molecule has 0 saturated carbocycles. The molecule has 1 saturated heterocycles. The van der Waals surface area contributed by atoms with Crippen LogP contribution in [0.2, 0.25) is 0 Å². The molecule has 1 aliphatic heterocycles. The van der Waals surface area contributed by atoms with Crippen LogP contribution in [0.15, 0.2) is 97.2 Å². The molecule has 11 heteroatoms. The molecular formula is C62H105NO10. The minimum Gasteiger partial charge on any atom is -0.454 e. The van der Waals surface area contributed by atoms with Crippen molar-refractivity contribution >= 4 is 11.9 Å². The van der Waals surface area contributed by atoms with Crippen LogP contribution in [0, 0.1) is 0 Å². The lowest BCUT2D eigenvalue weighted by Crippen LogP contribution is -2.61. The van der Waals surface area contributed by atoms with Crippen LogP contribution in [0.3, 0.4) is 0 Å². The Labute approximate surface area is 444 Å². The van der Waals surface area contributed by atoms with Crippen LogP contribution in [-0.4, -0.2) is 99.6 Å². The summed E-state index contributed by atoms with van der Waals surface area (Å²) in [5.74, 6) is -1.26. The van der Waals surface area contributed by atoms with Crippen molar-refractivity contribution in [1.29, 1.82) is 0 Å². The molecule has 0 radical (unpaired) electrons. The van der Waals surface area contributed by atoms with Crippen molar-refractivity contribution in [2.45, 2.75) is 269 Å². The van der Waals surface area contributed by atoms with Crippen LogP contribution >= 0.6 is 0 Å². The summed E-state index contributed by atoms with van der Waals surface area (Å²) in [6.07, 6.45) is 54.6. The summed E-state index contributed by atoms with van der Waals surface area (Å²) in [5.41, 5.74) is 0. The zero-order chi connectivity index (χ0) is 53.3. The van der Waals surface area contributed by atoms with Crippen molar-refractivity contribution in [3.05, 3.63) is 97.2 Å². The molecule has 1 fully saturated rings. The van der Waals surface area contributed by atoms with E-state index in [1.807, 2.05) is 6.08 Å². The monoisotopic (exact) mass is 1020 g/mol. The number of nitrogens with one attached hydrogen (secondary N) is 1. The van der Waals surface area contributed by atoms with Gasteiger partial charge in [0.1, 0.15) is 24.4 Å². The van der Waals surface area contributed by atoms with Gasteiger partial charge in [0.25, 0.3) is 0 Å². The van der Waals surface area contributed by atoms with E-state index in [0.717, 1.165) is 103 Å². The molecule has 1 aliphatic rings. The van der Waals surface area contributed by atoms with Gasteiger partial charge < -0.3 is 45.1 Å². The number of hydrogen-bond donors (Lipinski definition) is 6. The van der Waals surface area contributed by atoms with Crippen molar-refractivity contribution in [1.82, 2.24) is 5.32 Å². The highest BCUT2D eigenvalue weighted by Crippen LogP contribution is 2.26. The van der Waals surface area contributed by atoms with E-state index in [1.54, 1.807) is 6.08 Å². The van der Waals surface area contributed by atoms with Gasteiger partial charge in [-0.25, -0.2) is 0 Å². The maximum atomic E-state index is 13.3. The second-order valence-electron chi connectivity index (χ2n) is 19.6. The van der Waals surface area contributed by atoms with Gasteiger partial charge in [0.05, 0.1) is 25.4 Å². The molecule has 1 rings (SSSR count). The van der Waals surface area contributed by atoms with E-state index < -0.39 is 67.4 Å². The highest BCUT2D eigenvalue weighted by Gasteiger charge is 2.47. The molecule has 73 heavy (non-hydrogen) atoms. The van der Waals surface area contributed by atoms with Crippen molar-refractivity contribution in [2.75, 3.05) is 13.2 Å². The Kier molecular flexibility index (Phi) is 45.8. The van der Waals surface area contributed by atoms with Gasteiger partial charge in [-0.3, -0.25) is 9.59 Å². The number of hydrogen-bond acceptors (Lipinski definition) is 10. The molecule has 0 aliphatic carbocycles. The van der Waals surface area contributed by atoms with Gasteiger partial charge in [-0.15, -0.1) is 0 Å². The Morgan fingerprint density at radius 2 is 1.00 bits per heavy atom. The van der Waals surface area contributed by atoms with Gasteiger partial charge in [0, 0.05) is 6.42 Å². The van der Waals surface area contributed by atoms with Crippen LogP contribution < -0.4 is 5.32 Å². The molecule has 8 atom stereocenters. The molecule has 0 aromatic carbocycles. The first-order chi connectivity index (χ1) is 35.7. The van der Waals surface area contributed by atoms with Gasteiger partial charge in [0.15, 0.2) is 12.4 Å². The molecule has 418 valence electrons. The quantitative estimate of drug-likeness (QED) is 0.0196. The van der Waals surface area contributed by atoms with Gasteiger partial charge in [-0.1, -0.05) is 214 Å². The van der Waals surface area contributed by atoms with Gasteiger partial charge in [0.2, 0.25) is 5.91 Å². The first-order valence-corrected chi connectivity index (χ1v) is 29.0. The third kappa shape index (κ3) is 37.9. The number of esters is 1. The summed E-state index contributed by atoms with van der Waals surface area (Å²) in [6, 6.07) is -1.04. The van der Waals surface area contributed by atoms with Crippen molar-refractivity contribution < 1.29 is 49.3 Å². The van der Waals surface area contributed by atoms with E-state index in [9.17, 15) is 35.1 Å². The molecule has 6 N–H and O–H groups in total. The molecule has 1 amide bonds. The molecule has 0 bridgehead atoms. The van der Waals surface area contributed by atoms with E-state index in [2.05, 4.69) is 111 Å². The summed E-state index contributed by atoms with van der Waals surface area (Å²) in [4.78, 5) is 26.4. The number of rotatable bonds is 47. The number of amides is 1. The number of allylic oxidation sites excluding steroid dienone is 15. The van der Waals surface area contributed by atoms with E-state index >= 15 is 0 Å². The minimum absolute atomic E-state index is 0.0629. The van der Waals surface area contributed by atoms with E-state index in [-0.39, 0.29) is 19.4 Å². The van der Waals surface area contributed by atoms with Crippen LogP contribution in [0.5, 0.6) is 0 Å². The van der Waals surface area contributed by atoms with E-state index in [4.69, 9.17) is 14.2 Å². The van der Waals surface area contributed by atoms with Gasteiger partial charge in [-0.2, -0.15) is 0 Å². The van der Waals surface area contributed by atoms with Crippen molar-refractivity contribution in [2.24, 2.45) is 0 Å². The SMILES string of the molecule is CC/C=C\C/C=C\C/C=C\C/C=C\C/C=C\C/C=C\CCCCC(=O)OC1C(OCC(NC(=O)C(O)CCCCCC/C=C\CCCC)C(O)/C=C/CCCCCCCCCCCCC)OC(CO)C(O)C1O. The van der Waals surface area contributed by atoms with E-state index in [0.29, 0.717) is 12.8 Å². The third-order valence-electron chi connectivity index (χ3n) is 13.0. The standard InChI is InChI=1S/C62H105NO10/c1-4-7-10-13-16-19-22-24-25-26-27-28-29-30-31-33-35-38-41-44-47-50-57(67)73-60-59(69)58(68)56(51-64)72-62(60)71-52-53(54(65)48-45-42-39-37-34-32-23-20-17-14-11-8-5-2)63-61(70)55(66)49-46-43-40-36-21-18-15-12-9-6-3/h7,10,15-16,18-19,24-25,27-28,30-31,35,38,45,48,53-56,58-60,62,64-66,68-69H,4-6,8-9,11-14,17,20-23,26,29,32-34,36-37,39-44,46-47,49-52H2,1-3H3,(H,63,70)/b10-7-,18-15-,19-16-,25-24-,28-27-,31-30-,38-35-,48-45+. The highest BCUT2D eigenvalue weighted by atomic mass is 16.7. The lowest BCUT2D eigenvalue weighted by molar-refractivity contribution is -0.305. The maximum absolute atomic E-state index is 13.3. The first kappa shape index (κ1) is 67.6. The Balaban J connectivity index is 2.73. The summed E-state index contributed by atoms with van der Waals surface area (Å²) < 4.78 is 17.5. The summed E-state index contributed by atoms with van der Waals surface area (Å²) >= 11 is 0. The number of aliphatic hydroxyl groups excluding tert-OH is 5. The number of carbonyl (C=O) groups excluding carboxylic acids is 2. The zero-order valence-corrected chi connectivity index (χ0v) is 46.0. The van der Waals surface area contributed by atoms with Crippen molar-refractivity contribution in [3.63, 3.8) is 0 Å². The number of carbonyl (C=O) groups is 2. The molecule has 1 heterocycles. The summed E-state index contributed by atoms with van der Waals surface area (Å²) in [6.45, 7) is 5.58. The Morgan fingerprint density at radius 1 is 0.548 bits per heavy atom. The minimum atomic E-state index is -1.64. The largest absolute Gasteiger partial charge is 0.454 e. The maximum Gasteiger partial charge on any atom is 0.306 e. The smallest absolute Gasteiger partial charge is 0.306 e. The number of unbranched alkanes of at least 4 members (excludes halogenated alkanes) is 19. The fourth-order valence-electron chi connectivity index (χ4n) is 8.34. The lowest BCUT2D eigenvalue weighted by Gasteiger charge is -2.41. The first-order valence-electron chi connectivity index (χ1n) is 29.0. The van der Waals surface area contributed by atoms with Crippen LogP contribution in [-0.2, 0) is 23.8 Å². The highest BCUT2D eigenvalue weighted by molar-refractivity contribution is 5.80. The summed E-state index contributed by atoms with van der Waals surface area (Å²) in [7, 11) is 0. The van der Waals surface area contributed by atoms with Gasteiger partial charge >= 0.3 is 5.97 Å². The zero-order valence-electron chi connectivity index (χ0n) is 46.0. The van der Waals surface area contributed by atoms with Crippen molar-refractivity contribution in [3.8, 4) is 0 Å². The number of ether oxygens (including phenoxy) is 3. The second-order valence-corrected chi connectivity index (χ2v) is 19.6. The molecule has 0 aromatic heterocycles. The molecule has 0 aromatic rings. The third-order valence-corrected chi connectivity index (χ3v) is 13.0. The predicted octanol–water partition coefficient (Wildman–Crippen LogP) is 13.2. The number of aliphatic hydroxyl groups is 5. The fraction of sp³-hybridized carbons (Fsp3) is 0.710. The normalized spacial score (nSPS) is 20.1. The predicted molar refractivity (Wildman–Crippen MR) is 301 cm³/mol. The van der Waals surface area contributed by atoms with Crippen LogP contribution in [0.1, 0.15) is 220 Å². The molecular weight excluding hydrogens is 919 g/mol.